The quantitative estimate of drug-likeness (QED) is 0.800. The highest BCUT2D eigenvalue weighted by Gasteiger charge is 2.26. The van der Waals surface area contributed by atoms with Crippen molar-refractivity contribution in [1.82, 2.24) is 10.6 Å². The van der Waals surface area contributed by atoms with Crippen molar-refractivity contribution in [3.05, 3.63) is 0 Å². The van der Waals surface area contributed by atoms with Gasteiger partial charge in [0.05, 0.1) is 6.61 Å². The van der Waals surface area contributed by atoms with E-state index >= 15 is 0 Å². The first-order valence-corrected chi connectivity index (χ1v) is 7.92. The first-order valence-electron chi connectivity index (χ1n) is 7.92. The molecule has 2 fully saturated rings. The van der Waals surface area contributed by atoms with Gasteiger partial charge >= 0.3 is 0 Å². The number of amides is 1. The molecule has 1 amide bonds. The summed E-state index contributed by atoms with van der Waals surface area (Å²) in [5, 5.41) is 6.36. The Labute approximate surface area is 116 Å². The van der Waals surface area contributed by atoms with Crippen LogP contribution in [0, 0.1) is 5.92 Å². The summed E-state index contributed by atoms with van der Waals surface area (Å²) in [6.45, 7) is 4.40. The van der Waals surface area contributed by atoms with Gasteiger partial charge in [0.1, 0.15) is 6.10 Å². The molecule has 19 heavy (non-hydrogen) atoms. The molecule has 1 atom stereocenters. The van der Waals surface area contributed by atoms with E-state index in [1.54, 1.807) is 0 Å². The van der Waals surface area contributed by atoms with Gasteiger partial charge in [-0.15, -0.1) is 0 Å². The average Bonchev–Trinajstić information content (AvgIpc) is 2.47. The van der Waals surface area contributed by atoms with E-state index in [0.29, 0.717) is 19.2 Å². The largest absolute Gasteiger partial charge is 0.366 e. The topological polar surface area (TPSA) is 50.4 Å². The van der Waals surface area contributed by atoms with Crippen molar-refractivity contribution in [1.29, 1.82) is 0 Å². The molecular formula is C15H28N2O2. The molecular weight excluding hydrogens is 240 g/mol. The van der Waals surface area contributed by atoms with Gasteiger partial charge in [-0.25, -0.2) is 0 Å². The molecule has 0 aromatic rings. The van der Waals surface area contributed by atoms with Crippen LogP contribution >= 0.6 is 0 Å². The van der Waals surface area contributed by atoms with Crippen molar-refractivity contribution < 1.29 is 9.53 Å². The summed E-state index contributed by atoms with van der Waals surface area (Å²) in [5.41, 5.74) is 0. The van der Waals surface area contributed by atoms with Gasteiger partial charge in [-0.2, -0.15) is 0 Å². The molecule has 2 N–H and O–H groups in total. The van der Waals surface area contributed by atoms with Crippen LogP contribution in [0.4, 0.5) is 0 Å². The fourth-order valence-corrected chi connectivity index (χ4v) is 3.12. The van der Waals surface area contributed by atoms with E-state index < -0.39 is 0 Å². The fourth-order valence-electron chi connectivity index (χ4n) is 3.12. The summed E-state index contributed by atoms with van der Waals surface area (Å²) in [5.74, 6) is 0.963. The van der Waals surface area contributed by atoms with Gasteiger partial charge in [0.25, 0.3) is 5.91 Å². The molecule has 0 bridgehead atoms. The molecule has 4 nitrogen and oxygen atoms in total. The Hall–Kier alpha value is -0.610. The lowest BCUT2D eigenvalue weighted by molar-refractivity contribution is -0.135. The van der Waals surface area contributed by atoms with E-state index in [0.717, 1.165) is 25.3 Å². The van der Waals surface area contributed by atoms with Crippen LogP contribution in [-0.2, 0) is 9.53 Å². The zero-order valence-corrected chi connectivity index (χ0v) is 12.1. The third-order valence-corrected chi connectivity index (χ3v) is 4.38. The highest BCUT2D eigenvalue weighted by Crippen LogP contribution is 2.28. The summed E-state index contributed by atoms with van der Waals surface area (Å²) < 4.78 is 5.48. The number of nitrogens with one attached hydrogen (secondary N) is 2. The molecule has 0 aromatic heterocycles. The minimum atomic E-state index is -0.286. The minimum Gasteiger partial charge on any atom is -0.366 e. The third kappa shape index (κ3) is 4.77. The number of carbonyl (C=O) groups excluding carboxylic acids is 1. The Morgan fingerprint density at radius 1 is 1.32 bits per heavy atom. The minimum absolute atomic E-state index is 0.0733. The molecule has 1 aliphatic heterocycles. The number of carbonyl (C=O) groups is 1. The van der Waals surface area contributed by atoms with Crippen molar-refractivity contribution in [2.45, 2.75) is 64.0 Å². The van der Waals surface area contributed by atoms with Crippen molar-refractivity contribution in [3.8, 4) is 0 Å². The van der Waals surface area contributed by atoms with Crippen LogP contribution in [0.2, 0.25) is 0 Å². The highest BCUT2D eigenvalue weighted by molar-refractivity contribution is 5.81. The third-order valence-electron chi connectivity index (χ3n) is 4.38. The van der Waals surface area contributed by atoms with Crippen molar-refractivity contribution in [2.75, 3.05) is 19.7 Å². The van der Waals surface area contributed by atoms with E-state index in [2.05, 4.69) is 17.6 Å². The molecule has 110 valence electrons. The number of ether oxygens (including phenoxy) is 1. The first-order chi connectivity index (χ1) is 9.29. The summed E-state index contributed by atoms with van der Waals surface area (Å²) >= 11 is 0. The average molecular weight is 268 g/mol. The van der Waals surface area contributed by atoms with E-state index in [1.807, 2.05) is 0 Å². The van der Waals surface area contributed by atoms with E-state index in [1.165, 1.54) is 32.1 Å². The summed E-state index contributed by atoms with van der Waals surface area (Å²) in [6.07, 6.45) is 8.55. The lowest BCUT2D eigenvalue weighted by Crippen LogP contribution is -2.50. The Bertz CT molecular complexity index is 269. The molecule has 4 heteroatoms. The van der Waals surface area contributed by atoms with Gasteiger partial charge in [-0.05, 0) is 31.6 Å². The van der Waals surface area contributed by atoms with Crippen LogP contribution in [0.3, 0.4) is 0 Å². The van der Waals surface area contributed by atoms with Gasteiger partial charge in [0, 0.05) is 19.1 Å². The normalized spacial score (nSPS) is 31.9. The molecule has 0 radical (unpaired) electrons. The maximum Gasteiger partial charge on any atom is 0.250 e. The number of morpholine rings is 1. The van der Waals surface area contributed by atoms with Crippen LogP contribution in [0.15, 0.2) is 0 Å². The maximum absolute atomic E-state index is 12.0. The lowest BCUT2D eigenvalue weighted by atomic mass is 9.83. The fraction of sp³-hybridized carbons (Fsp3) is 0.933. The SMILES string of the molecule is CCCCC1CCC(NC(=O)C2CNCCO2)CC1. The van der Waals surface area contributed by atoms with Crippen LogP contribution < -0.4 is 10.6 Å². The Morgan fingerprint density at radius 2 is 2.11 bits per heavy atom. The Balaban J connectivity index is 1.65. The number of unbranched alkanes of at least 4 members (excludes halogenated alkanes) is 1. The van der Waals surface area contributed by atoms with Gasteiger partial charge in [-0.1, -0.05) is 26.2 Å². The Morgan fingerprint density at radius 3 is 2.74 bits per heavy atom. The maximum atomic E-state index is 12.0. The lowest BCUT2D eigenvalue weighted by Gasteiger charge is -2.31. The second-order valence-corrected chi connectivity index (χ2v) is 5.93. The van der Waals surface area contributed by atoms with Crippen LogP contribution in [0.1, 0.15) is 51.9 Å². The smallest absolute Gasteiger partial charge is 0.250 e. The van der Waals surface area contributed by atoms with E-state index in [9.17, 15) is 4.79 Å². The predicted octanol–water partition coefficient (Wildman–Crippen LogP) is 1.84. The van der Waals surface area contributed by atoms with E-state index in [4.69, 9.17) is 4.74 Å². The van der Waals surface area contributed by atoms with Crippen molar-refractivity contribution in [3.63, 3.8) is 0 Å². The highest BCUT2D eigenvalue weighted by atomic mass is 16.5. The van der Waals surface area contributed by atoms with Crippen LogP contribution in [0.5, 0.6) is 0 Å². The molecule has 1 saturated carbocycles. The number of hydrogen-bond donors (Lipinski definition) is 2. The number of rotatable bonds is 5. The molecule has 2 rings (SSSR count). The van der Waals surface area contributed by atoms with Crippen LogP contribution in [-0.4, -0.2) is 37.7 Å². The number of hydrogen-bond acceptors (Lipinski definition) is 3. The van der Waals surface area contributed by atoms with Gasteiger partial charge in [-0.3, -0.25) is 4.79 Å². The summed E-state index contributed by atoms with van der Waals surface area (Å²) in [6, 6.07) is 0.371. The zero-order chi connectivity index (χ0) is 13.5. The van der Waals surface area contributed by atoms with Gasteiger partial charge < -0.3 is 15.4 Å². The molecule has 0 aromatic carbocycles. The van der Waals surface area contributed by atoms with E-state index in [-0.39, 0.29) is 12.0 Å². The molecule has 1 saturated heterocycles. The van der Waals surface area contributed by atoms with Crippen molar-refractivity contribution in [2.24, 2.45) is 5.92 Å². The molecule has 1 aliphatic carbocycles. The molecule has 1 heterocycles. The van der Waals surface area contributed by atoms with Crippen LogP contribution in [0.25, 0.3) is 0 Å². The summed E-state index contributed by atoms with van der Waals surface area (Å²) in [7, 11) is 0. The Kier molecular flexibility index (Phi) is 6.11. The molecule has 2 aliphatic rings. The molecule has 1 unspecified atom stereocenters. The first kappa shape index (κ1) is 14.8. The van der Waals surface area contributed by atoms with Gasteiger partial charge in [0.2, 0.25) is 0 Å². The standard InChI is InChI=1S/C15H28N2O2/c1-2-3-4-12-5-7-13(8-6-12)17-15(18)14-11-16-9-10-19-14/h12-14,16H,2-11H2,1H3,(H,17,18). The zero-order valence-electron chi connectivity index (χ0n) is 12.1. The second-order valence-electron chi connectivity index (χ2n) is 5.93. The molecule has 0 spiro atoms. The predicted molar refractivity (Wildman–Crippen MR) is 76.0 cm³/mol. The van der Waals surface area contributed by atoms with Gasteiger partial charge in [0.15, 0.2) is 0 Å². The van der Waals surface area contributed by atoms with Crippen molar-refractivity contribution >= 4 is 5.91 Å². The second kappa shape index (κ2) is 7.85. The summed E-state index contributed by atoms with van der Waals surface area (Å²) in [4.78, 5) is 12.0. The monoisotopic (exact) mass is 268 g/mol.